The predicted octanol–water partition coefficient (Wildman–Crippen LogP) is 0.856. The summed E-state index contributed by atoms with van der Waals surface area (Å²) in [5.41, 5.74) is 0. The molecule has 0 bridgehead atoms. The van der Waals surface area contributed by atoms with Crippen LogP contribution >= 0.6 is 0 Å². The number of rotatable bonds is 4. The molecule has 2 heterocycles. The minimum Gasteiger partial charge on any atom is -0.347 e. The largest absolute Gasteiger partial charge is 0.347 e. The van der Waals surface area contributed by atoms with Gasteiger partial charge in [-0.2, -0.15) is 0 Å². The van der Waals surface area contributed by atoms with E-state index in [1.165, 1.54) is 6.92 Å². The first-order valence-corrected chi connectivity index (χ1v) is 7.73. The lowest BCUT2D eigenvalue weighted by atomic mass is 10.0. The zero-order valence-electron chi connectivity index (χ0n) is 13.3. The molecule has 6 nitrogen and oxygen atoms in total. The zero-order chi connectivity index (χ0) is 15.5. The van der Waals surface area contributed by atoms with Crippen molar-refractivity contribution in [1.29, 1.82) is 0 Å². The van der Waals surface area contributed by atoms with Crippen LogP contribution in [0.5, 0.6) is 0 Å². The molecule has 0 aromatic rings. The van der Waals surface area contributed by atoms with Gasteiger partial charge in [-0.1, -0.05) is 13.8 Å². The van der Waals surface area contributed by atoms with E-state index in [0.29, 0.717) is 51.6 Å². The maximum atomic E-state index is 12.3. The standard InChI is InChI=1S/C15H26N2O4/c1-12(2)10-17(13(3)18)11-14(19)16-6-4-15(5-7-16)20-8-9-21-15/h12H,4-11H2,1-3H3. The number of likely N-dealkylation sites (tertiary alicyclic amines) is 1. The Kier molecular flexibility index (Phi) is 5.22. The van der Waals surface area contributed by atoms with E-state index in [4.69, 9.17) is 9.47 Å². The third kappa shape index (κ3) is 4.17. The summed E-state index contributed by atoms with van der Waals surface area (Å²) >= 11 is 0. The molecule has 0 aromatic carbocycles. The van der Waals surface area contributed by atoms with Crippen LogP contribution in [0.1, 0.15) is 33.6 Å². The highest BCUT2D eigenvalue weighted by Gasteiger charge is 2.40. The van der Waals surface area contributed by atoms with Crippen LogP contribution in [0.2, 0.25) is 0 Å². The van der Waals surface area contributed by atoms with Crippen LogP contribution in [-0.4, -0.2) is 66.8 Å². The fourth-order valence-electron chi connectivity index (χ4n) is 2.89. The Morgan fingerprint density at radius 2 is 1.76 bits per heavy atom. The van der Waals surface area contributed by atoms with Crippen LogP contribution in [-0.2, 0) is 19.1 Å². The van der Waals surface area contributed by atoms with Gasteiger partial charge < -0.3 is 19.3 Å². The molecule has 6 heteroatoms. The SMILES string of the molecule is CC(=O)N(CC(=O)N1CCC2(CC1)OCCO2)CC(C)C. The summed E-state index contributed by atoms with van der Waals surface area (Å²) < 4.78 is 11.3. The highest BCUT2D eigenvalue weighted by atomic mass is 16.7. The monoisotopic (exact) mass is 298 g/mol. The lowest BCUT2D eigenvalue weighted by Gasteiger charge is -2.38. The van der Waals surface area contributed by atoms with Crippen LogP contribution in [0.15, 0.2) is 0 Å². The molecule has 1 spiro atoms. The Labute approximate surface area is 126 Å². The summed E-state index contributed by atoms with van der Waals surface area (Å²) in [6, 6.07) is 0. The van der Waals surface area contributed by atoms with Crippen molar-refractivity contribution in [2.75, 3.05) is 39.4 Å². The van der Waals surface area contributed by atoms with Crippen molar-refractivity contribution in [3.05, 3.63) is 0 Å². The van der Waals surface area contributed by atoms with Gasteiger partial charge in [-0.05, 0) is 5.92 Å². The molecule has 2 aliphatic rings. The van der Waals surface area contributed by atoms with E-state index in [1.807, 2.05) is 18.7 Å². The van der Waals surface area contributed by atoms with Gasteiger partial charge in [0.1, 0.15) is 0 Å². The minimum atomic E-state index is -0.463. The van der Waals surface area contributed by atoms with E-state index in [-0.39, 0.29) is 18.4 Å². The fraction of sp³-hybridized carbons (Fsp3) is 0.867. The smallest absolute Gasteiger partial charge is 0.242 e. The Balaban J connectivity index is 1.84. The Morgan fingerprint density at radius 1 is 1.19 bits per heavy atom. The van der Waals surface area contributed by atoms with Gasteiger partial charge in [-0.25, -0.2) is 0 Å². The summed E-state index contributed by atoms with van der Waals surface area (Å²) in [7, 11) is 0. The average molecular weight is 298 g/mol. The summed E-state index contributed by atoms with van der Waals surface area (Å²) in [4.78, 5) is 27.4. The first-order valence-electron chi connectivity index (χ1n) is 7.73. The number of carbonyl (C=O) groups is 2. The van der Waals surface area contributed by atoms with Crippen molar-refractivity contribution in [3.8, 4) is 0 Å². The summed E-state index contributed by atoms with van der Waals surface area (Å²) in [5.74, 6) is -0.145. The van der Waals surface area contributed by atoms with E-state index < -0.39 is 5.79 Å². The Bertz CT molecular complexity index is 381. The average Bonchev–Trinajstić information content (AvgIpc) is 2.86. The molecule has 0 aliphatic carbocycles. The molecule has 2 amide bonds. The van der Waals surface area contributed by atoms with E-state index >= 15 is 0 Å². The van der Waals surface area contributed by atoms with Crippen LogP contribution < -0.4 is 0 Å². The predicted molar refractivity (Wildman–Crippen MR) is 77.5 cm³/mol. The zero-order valence-corrected chi connectivity index (χ0v) is 13.3. The van der Waals surface area contributed by atoms with Gasteiger partial charge >= 0.3 is 0 Å². The summed E-state index contributed by atoms with van der Waals surface area (Å²) in [6.07, 6.45) is 1.42. The van der Waals surface area contributed by atoms with Gasteiger partial charge in [-0.3, -0.25) is 9.59 Å². The Hall–Kier alpha value is -1.14. The molecule has 0 radical (unpaired) electrons. The first kappa shape index (κ1) is 16.2. The summed E-state index contributed by atoms with van der Waals surface area (Å²) in [6.45, 7) is 8.92. The number of hydrogen-bond donors (Lipinski definition) is 0. The molecule has 0 saturated carbocycles. The van der Waals surface area contributed by atoms with E-state index in [0.717, 1.165) is 0 Å². The van der Waals surface area contributed by atoms with Crippen molar-refractivity contribution in [1.82, 2.24) is 9.80 Å². The molecule has 2 fully saturated rings. The molecule has 2 rings (SSSR count). The lowest BCUT2D eigenvalue weighted by Crippen LogP contribution is -2.50. The van der Waals surface area contributed by atoms with Crippen LogP contribution in [0.25, 0.3) is 0 Å². The molecule has 0 N–H and O–H groups in total. The molecular weight excluding hydrogens is 272 g/mol. The number of ether oxygens (including phenoxy) is 2. The molecule has 0 atom stereocenters. The van der Waals surface area contributed by atoms with Crippen LogP contribution in [0.4, 0.5) is 0 Å². The molecule has 0 aromatic heterocycles. The maximum absolute atomic E-state index is 12.3. The van der Waals surface area contributed by atoms with Crippen molar-refractivity contribution >= 4 is 11.8 Å². The van der Waals surface area contributed by atoms with Gasteiger partial charge in [-0.15, -0.1) is 0 Å². The molecule has 2 saturated heterocycles. The van der Waals surface area contributed by atoms with Crippen molar-refractivity contribution in [3.63, 3.8) is 0 Å². The molecule has 120 valence electrons. The third-order valence-corrected chi connectivity index (χ3v) is 4.05. The van der Waals surface area contributed by atoms with E-state index in [9.17, 15) is 9.59 Å². The van der Waals surface area contributed by atoms with Gasteiger partial charge in [0.25, 0.3) is 0 Å². The number of hydrogen-bond acceptors (Lipinski definition) is 4. The molecular formula is C15H26N2O4. The fourth-order valence-corrected chi connectivity index (χ4v) is 2.89. The van der Waals surface area contributed by atoms with Gasteiger partial charge in [0.15, 0.2) is 5.79 Å². The van der Waals surface area contributed by atoms with Crippen LogP contribution in [0.3, 0.4) is 0 Å². The highest BCUT2D eigenvalue weighted by Crippen LogP contribution is 2.31. The number of amides is 2. The normalized spacial score (nSPS) is 21.0. The number of piperidine rings is 1. The lowest BCUT2D eigenvalue weighted by molar-refractivity contribution is -0.187. The third-order valence-electron chi connectivity index (χ3n) is 4.05. The topological polar surface area (TPSA) is 59.1 Å². The Morgan fingerprint density at radius 3 is 2.24 bits per heavy atom. The van der Waals surface area contributed by atoms with Gasteiger partial charge in [0, 0.05) is 39.4 Å². The van der Waals surface area contributed by atoms with Crippen molar-refractivity contribution in [2.24, 2.45) is 5.92 Å². The summed E-state index contributed by atoms with van der Waals surface area (Å²) in [5, 5.41) is 0. The van der Waals surface area contributed by atoms with E-state index in [1.54, 1.807) is 4.90 Å². The van der Waals surface area contributed by atoms with Gasteiger partial charge in [0.2, 0.25) is 11.8 Å². The van der Waals surface area contributed by atoms with Crippen molar-refractivity contribution < 1.29 is 19.1 Å². The van der Waals surface area contributed by atoms with Crippen molar-refractivity contribution in [2.45, 2.75) is 39.4 Å². The highest BCUT2D eigenvalue weighted by molar-refractivity contribution is 5.83. The second-order valence-corrected chi connectivity index (χ2v) is 6.28. The molecule has 2 aliphatic heterocycles. The first-order chi connectivity index (χ1) is 9.92. The number of carbonyl (C=O) groups excluding carboxylic acids is 2. The minimum absolute atomic E-state index is 0.0127. The second-order valence-electron chi connectivity index (χ2n) is 6.28. The maximum Gasteiger partial charge on any atom is 0.242 e. The second kappa shape index (κ2) is 6.75. The molecule has 0 unspecified atom stereocenters. The number of nitrogens with zero attached hydrogens (tertiary/aromatic N) is 2. The van der Waals surface area contributed by atoms with Gasteiger partial charge in [0.05, 0.1) is 19.8 Å². The van der Waals surface area contributed by atoms with Crippen LogP contribution in [0, 0.1) is 5.92 Å². The quantitative estimate of drug-likeness (QED) is 0.772. The van der Waals surface area contributed by atoms with E-state index in [2.05, 4.69) is 0 Å². The molecule has 21 heavy (non-hydrogen) atoms.